The van der Waals surface area contributed by atoms with Gasteiger partial charge in [0.15, 0.2) is 3.66 Å². The van der Waals surface area contributed by atoms with E-state index in [4.69, 9.17) is 4.55 Å². The lowest BCUT2D eigenvalue weighted by Gasteiger charge is -2.20. The van der Waals surface area contributed by atoms with Crippen LogP contribution in [0.15, 0.2) is 23.2 Å². The molecule has 0 fully saturated rings. The fourth-order valence-corrected chi connectivity index (χ4v) is 2.33. The highest BCUT2D eigenvalue weighted by atomic mass is 79.9. The number of para-hydroxylation sites is 1. The summed E-state index contributed by atoms with van der Waals surface area (Å²) in [4.78, 5) is 3.94. The molecule has 0 aromatic heterocycles. The first-order valence-electron chi connectivity index (χ1n) is 4.35. The van der Waals surface area contributed by atoms with E-state index < -0.39 is 13.8 Å². The van der Waals surface area contributed by atoms with Crippen molar-refractivity contribution >= 4 is 32.1 Å². The molecule has 1 aliphatic heterocycles. The molecule has 1 aliphatic rings. The fraction of sp³-hybridized carbons (Fsp3) is 0.222. The van der Waals surface area contributed by atoms with Gasteiger partial charge in [-0.15, -0.1) is 0 Å². The van der Waals surface area contributed by atoms with Crippen molar-refractivity contribution in [3.05, 3.63) is 28.8 Å². The Morgan fingerprint density at radius 2 is 2.12 bits per heavy atom. The Morgan fingerprint density at radius 3 is 2.75 bits per heavy atom. The van der Waals surface area contributed by atoms with Crippen molar-refractivity contribution in [1.29, 1.82) is 0 Å². The van der Waals surface area contributed by atoms with Gasteiger partial charge in [-0.25, -0.2) is 0 Å². The van der Waals surface area contributed by atoms with Gasteiger partial charge in [-0.05, 0) is 12.1 Å². The highest BCUT2D eigenvalue weighted by molar-refractivity contribution is 9.11. The van der Waals surface area contributed by atoms with Gasteiger partial charge in [-0.2, -0.15) is 8.42 Å². The molecule has 5 nitrogen and oxygen atoms in total. The molecule has 0 aliphatic carbocycles. The topological polar surface area (TPSA) is 87.0 Å². The molecule has 0 spiro atoms. The predicted octanol–water partition coefficient (Wildman–Crippen LogP) is -0.215. The van der Waals surface area contributed by atoms with Crippen LogP contribution in [-0.4, -0.2) is 28.3 Å². The molecule has 0 saturated carbocycles. The summed E-state index contributed by atoms with van der Waals surface area (Å²) in [6.07, 6.45) is 1.32. The van der Waals surface area contributed by atoms with Gasteiger partial charge in [0.25, 0.3) is 10.1 Å². The average Bonchev–Trinajstić information content (AvgIpc) is 2.16. The molecule has 0 radical (unpaired) electrons. The number of benzene rings is 1. The molecule has 1 heterocycles. The van der Waals surface area contributed by atoms with Gasteiger partial charge in [0.2, 0.25) is 0 Å². The van der Waals surface area contributed by atoms with Crippen molar-refractivity contribution in [1.82, 2.24) is 0 Å². The molecule has 1 atom stereocenters. The van der Waals surface area contributed by atoms with Gasteiger partial charge in [-0.3, -0.25) is 9.55 Å². The molecule has 1 aromatic rings. The highest BCUT2D eigenvalue weighted by Gasteiger charge is 2.39. The number of rotatable bonds is 1. The number of hydrogen-bond donors (Lipinski definition) is 2. The van der Waals surface area contributed by atoms with Crippen LogP contribution in [0.1, 0.15) is 0 Å². The lowest BCUT2D eigenvalue weighted by atomic mass is 10.2. The molecule has 1 aromatic carbocycles. The lowest BCUT2D eigenvalue weighted by Crippen LogP contribution is -2.42. The Labute approximate surface area is 100 Å². The molecule has 0 amide bonds. The normalized spacial score (nSPS) is 24.1. The maximum absolute atomic E-state index is 11.2. The fourth-order valence-electron chi connectivity index (χ4n) is 1.46. The van der Waals surface area contributed by atoms with Crippen LogP contribution in [0.3, 0.4) is 0 Å². The van der Waals surface area contributed by atoms with Crippen molar-refractivity contribution in [3.63, 3.8) is 0 Å². The summed E-state index contributed by atoms with van der Waals surface area (Å²) in [5.41, 5.74) is 0. The van der Waals surface area contributed by atoms with E-state index in [-0.39, 0.29) is 12.3 Å². The van der Waals surface area contributed by atoms with E-state index in [0.717, 1.165) is 0 Å². The zero-order valence-electron chi connectivity index (χ0n) is 7.96. The van der Waals surface area contributed by atoms with Crippen LogP contribution in [-0.2, 0) is 10.1 Å². The molecule has 0 saturated heterocycles. The summed E-state index contributed by atoms with van der Waals surface area (Å²) in [5, 5.41) is 10.3. The molecule has 1 unspecified atom stereocenters. The van der Waals surface area contributed by atoms with Gasteiger partial charge < -0.3 is 5.11 Å². The van der Waals surface area contributed by atoms with Crippen molar-refractivity contribution in [2.45, 2.75) is 3.66 Å². The number of aromatic hydroxyl groups is 1. The number of phenols is 1. The Morgan fingerprint density at radius 1 is 1.44 bits per heavy atom. The first-order chi connectivity index (χ1) is 7.33. The average molecular weight is 306 g/mol. The van der Waals surface area contributed by atoms with Crippen molar-refractivity contribution < 1.29 is 18.1 Å². The largest absolute Gasteiger partial charge is 0.506 e. The molecular weight excluding hydrogens is 298 g/mol. The number of fused-ring (bicyclic) bond motifs is 1. The number of halogens is 1. The Kier molecular flexibility index (Phi) is 2.56. The Bertz CT molecular complexity index is 655. The second-order valence-corrected chi connectivity index (χ2v) is 7.06. The van der Waals surface area contributed by atoms with Gasteiger partial charge >= 0.3 is 0 Å². The second-order valence-electron chi connectivity index (χ2n) is 3.44. The summed E-state index contributed by atoms with van der Waals surface area (Å²) < 4.78 is 29.8. The van der Waals surface area contributed by atoms with E-state index in [1.807, 2.05) is 0 Å². The van der Waals surface area contributed by atoms with Gasteiger partial charge in [0, 0.05) is 5.22 Å². The van der Waals surface area contributed by atoms with Crippen LogP contribution in [0.5, 0.6) is 5.75 Å². The monoisotopic (exact) mass is 305 g/mol. The van der Waals surface area contributed by atoms with Gasteiger partial charge in [-0.1, -0.05) is 28.1 Å². The summed E-state index contributed by atoms with van der Waals surface area (Å²) in [7, 11) is -4.30. The van der Waals surface area contributed by atoms with Crippen LogP contribution < -0.4 is 10.6 Å². The number of nitrogens with zero attached hydrogens (tertiary/aromatic N) is 1. The van der Waals surface area contributed by atoms with E-state index in [1.165, 1.54) is 12.1 Å². The Hall–Kier alpha value is -0.920. The summed E-state index contributed by atoms with van der Waals surface area (Å²) in [6, 6.07) is 4.65. The van der Waals surface area contributed by atoms with E-state index in [9.17, 15) is 13.5 Å². The maximum atomic E-state index is 11.2. The number of phenolic OH excluding ortho intramolecular Hbond substituents is 1. The minimum absolute atomic E-state index is 0.0152. The summed E-state index contributed by atoms with van der Waals surface area (Å²) in [6.45, 7) is -0.184. The summed E-state index contributed by atoms with van der Waals surface area (Å²) in [5.74, 6) is -0.0152. The smallest absolute Gasteiger partial charge is 0.286 e. The molecule has 16 heavy (non-hydrogen) atoms. The SMILES string of the molecule is O=S(=O)(O)C1(Br)C=c2cccc(O)c2=NC1. The summed E-state index contributed by atoms with van der Waals surface area (Å²) >= 11 is 2.94. The van der Waals surface area contributed by atoms with Crippen molar-refractivity contribution in [2.24, 2.45) is 4.99 Å². The van der Waals surface area contributed by atoms with Gasteiger partial charge in [0.1, 0.15) is 11.1 Å². The molecule has 2 rings (SSSR count). The van der Waals surface area contributed by atoms with E-state index in [1.54, 1.807) is 12.1 Å². The van der Waals surface area contributed by atoms with E-state index in [2.05, 4.69) is 20.9 Å². The van der Waals surface area contributed by atoms with Crippen molar-refractivity contribution in [3.8, 4) is 5.75 Å². The highest BCUT2D eigenvalue weighted by Crippen LogP contribution is 2.27. The number of alkyl halides is 1. The minimum Gasteiger partial charge on any atom is -0.506 e. The molecular formula is C9H8BrNO4S. The molecule has 2 N–H and O–H groups in total. The Balaban J connectivity index is 2.76. The van der Waals surface area contributed by atoms with Crippen LogP contribution in [0.4, 0.5) is 0 Å². The van der Waals surface area contributed by atoms with Gasteiger partial charge in [0.05, 0.1) is 6.54 Å². The number of hydrogen-bond acceptors (Lipinski definition) is 4. The second kappa shape index (κ2) is 3.54. The third-order valence-electron chi connectivity index (χ3n) is 2.30. The van der Waals surface area contributed by atoms with Crippen LogP contribution in [0.25, 0.3) is 6.08 Å². The quantitative estimate of drug-likeness (QED) is 0.555. The first kappa shape index (κ1) is 11.6. The predicted molar refractivity (Wildman–Crippen MR) is 61.4 cm³/mol. The third kappa shape index (κ3) is 1.74. The van der Waals surface area contributed by atoms with E-state index in [0.29, 0.717) is 10.6 Å². The standard InChI is InChI=1S/C9H8BrNO4S/c10-9(16(13,14)15)4-6-2-1-3-7(12)8(6)11-5-9/h1-4,12H,5H2,(H,13,14,15). The molecule has 0 bridgehead atoms. The molecule has 86 valence electrons. The minimum atomic E-state index is -4.30. The molecule has 7 heteroatoms. The van der Waals surface area contributed by atoms with Crippen LogP contribution in [0.2, 0.25) is 0 Å². The maximum Gasteiger partial charge on any atom is 0.286 e. The third-order valence-corrected chi connectivity index (χ3v) is 5.11. The zero-order valence-corrected chi connectivity index (χ0v) is 10.4. The zero-order chi connectivity index (χ0) is 12.0. The van der Waals surface area contributed by atoms with Crippen LogP contribution in [0, 0.1) is 0 Å². The lowest BCUT2D eigenvalue weighted by molar-refractivity contribution is 0.462. The van der Waals surface area contributed by atoms with E-state index >= 15 is 0 Å². The van der Waals surface area contributed by atoms with Crippen molar-refractivity contribution in [2.75, 3.05) is 6.54 Å². The first-order valence-corrected chi connectivity index (χ1v) is 6.58. The van der Waals surface area contributed by atoms with Crippen LogP contribution >= 0.6 is 15.9 Å².